The van der Waals surface area contributed by atoms with E-state index in [1.165, 1.54) is 0 Å². The Morgan fingerprint density at radius 3 is 2.79 bits per heavy atom. The highest BCUT2D eigenvalue weighted by Crippen LogP contribution is 2.33. The van der Waals surface area contributed by atoms with Gasteiger partial charge in [0, 0.05) is 6.54 Å². The summed E-state index contributed by atoms with van der Waals surface area (Å²) < 4.78 is 0. The number of carbonyl (C=O) groups is 1. The monoisotopic (exact) mass is 200 g/mol. The van der Waals surface area contributed by atoms with Crippen molar-refractivity contribution in [1.82, 2.24) is 4.90 Å². The summed E-state index contributed by atoms with van der Waals surface area (Å²) in [5.74, 6) is -0.643. The molecule has 1 unspecified atom stereocenters. The molecule has 0 aromatic rings. The standard InChI is InChI=1S/C10H20N2O2/c1-2-10(9(13)14)4-7-12(8-10)6-3-5-11/h2-8,11H2,1H3,(H,13,14). The fourth-order valence-electron chi connectivity index (χ4n) is 2.08. The van der Waals surface area contributed by atoms with Crippen LogP contribution in [0.3, 0.4) is 0 Å². The van der Waals surface area contributed by atoms with Gasteiger partial charge >= 0.3 is 5.97 Å². The lowest BCUT2D eigenvalue weighted by Crippen LogP contribution is -2.34. The summed E-state index contributed by atoms with van der Waals surface area (Å²) >= 11 is 0. The van der Waals surface area contributed by atoms with E-state index in [-0.39, 0.29) is 0 Å². The van der Waals surface area contributed by atoms with Gasteiger partial charge in [-0.2, -0.15) is 0 Å². The molecule has 1 atom stereocenters. The highest BCUT2D eigenvalue weighted by atomic mass is 16.4. The second kappa shape index (κ2) is 4.75. The molecule has 1 heterocycles. The second-order valence-electron chi connectivity index (χ2n) is 4.11. The van der Waals surface area contributed by atoms with E-state index >= 15 is 0 Å². The largest absolute Gasteiger partial charge is 0.481 e. The number of likely N-dealkylation sites (tertiary alicyclic amines) is 1. The fourth-order valence-corrected chi connectivity index (χ4v) is 2.08. The van der Waals surface area contributed by atoms with E-state index in [2.05, 4.69) is 4.90 Å². The normalized spacial score (nSPS) is 28.1. The highest BCUT2D eigenvalue weighted by Gasteiger charge is 2.42. The van der Waals surface area contributed by atoms with Gasteiger partial charge in [-0.25, -0.2) is 0 Å². The average molecular weight is 200 g/mol. The molecule has 4 nitrogen and oxygen atoms in total. The van der Waals surface area contributed by atoms with Crippen LogP contribution in [0.5, 0.6) is 0 Å². The van der Waals surface area contributed by atoms with Crippen LogP contribution in [0.1, 0.15) is 26.2 Å². The summed E-state index contributed by atoms with van der Waals surface area (Å²) in [6.07, 6.45) is 2.46. The van der Waals surface area contributed by atoms with Gasteiger partial charge in [0.15, 0.2) is 0 Å². The molecule has 14 heavy (non-hydrogen) atoms. The zero-order chi connectivity index (χ0) is 10.6. The van der Waals surface area contributed by atoms with Crippen LogP contribution in [0.15, 0.2) is 0 Å². The molecule has 0 bridgehead atoms. The Bertz CT molecular complexity index is 208. The molecular formula is C10H20N2O2. The molecule has 3 N–H and O–H groups in total. The second-order valence-corrected chi connectivity index (χ2v) is 4.11. The predicted molar refractivity (Wildman–Crippen MR) is 55.1 cm³/mol. The van der Waals surface area contributed by atoms with Gasteiger partial charge in [-0.3, -0.25) is 4.79 Å². The van der Waals surface area contributed by atoms with Gasteiger partial charge in [0.25, 0.3) is 0 Å². The van der Waals surface area contributed by atoms with Crippen molar-refractivity contribution in [2.75, 3.05) is 26.2 Å². The number of carboxylic acid groups (broad SMARTS) is 1. The quantitative estimate of drug-likeness (QED) is 0.679. The summed E-state index contributed by atoms with van der Waals surface area (Å²) in [4.78, 5) is 13.3. The van der Waals surface area contributed by atoms with Crippen molar-refractivity contribution in [2.45, 2.75) is 26.2 Å². The molecule has 4 heteroatoms. The first-order chi connectivity index (χ1) is 6.64. The molecule has 1 aliphatic heterocycles. The van der Waals surface area contributed by atoms with Crippen LogP contribution in [0.25, 0.3) is 0 Å². The van der Waals surface area contributed by atoms with E-state index in [1.807, 2.05) is 6.92 Å². The Hall–Kier alpha value is -0.610. The zero-order valence-electron chi connectivity index (χ0n) is 8.83. The number of hydrogen-bond donors (Lipinski definition) is 2. The number of aliphatic carboxylic acids is 1. The van der Waals surface area contributed by atoms with Gasteiger partial charge in [0.1, 0.15) is 0 Å². The average Bonchev–Trinajstić information content (AvgIpc) is 2.59. The summed E-state index contributed by atoms with van der Waals surface area (Å²) in [5, 5.41) is 9.16. The Labute approximate surface area is 85.1 Å². The van der Waals surface area contributed by atoms with Crippen molar-refractivity contribution in [3.05, 3.63) is 0 Å². The first-order valence-corrected chi connectivity index (χ1v) is 5.30. The molecule has 0 spiro atoms. The maximum Gasteiger partial charge on any atom is 0.310 e. The van der Waals surface area contributed by atoms with E-state index < -0.39 is 11.4 Å². The lowest BCUT2D eigenvalue weighted by atomic mass is 9.84. The molecule has 1 aliphatic rings. The number of carboxylic acids is 1. The Kier molecular flexibility index (Phi) is 3.89. The van der Waals surface area contributed by atoms with Crippen LogP contribution in [0.4, 0.5) is 0 Å². The minimum atomic E-state index is -0.643. The first-order valence-electron chi connectivity index (χ1n) is 5.30. The predicted octanol–water partition coefficient (Wildman–Crippen LogP) is 0.522. The van der Waals surface area contributed by atoms with Crippen LogP contribution < -0.4 is 5.73 Å². The molecule has 82 valence electrons. The van der Waals surface area contributed by atoms with Gasteiger partial charge in [0.2, 0.25) is 0 Å². The fraction of sp³-hybridized carbons (Fsp3) is 0.900. The van der Waals surface area contributed by atoms with Crippen LogP contribution >= 0.6 is 0 Å². The van der Waals surface area contributed by atoms with Crippen molar-refractivity contribution in [2.24, 2.45) is 11.1 Å². The smallest absolute Gasteiger partial charge is 0.310 e. The van der Waals surface area contributed by atoms with E-state index in [0.29, 0.717) is 13.1 Å². The molecule has 0 aromatic carbocycles. The Morgan fingerprint density at radius 2 is 2.36 bits per heavy atom. The lowest BCUT2D eigenvalue weighted by molar-refractivity contribution is -0.148. The van der Waals surface area contributed by atoms with Gasteiger partial charge in [-0.15, -0.1) is 0 Å². The van der Waals surface area contributed by atoms with Crippen LogP contribution in [0, 0.1) is 5.41 Å². The third-order valence-electron chi connectivity index (χ3n) is 3.24. The maximum absolute atomic E-state index is 11.1. The topological polar surface area (TPSA) is 66.6 Å². The van der Waals surface area contributed by atoms with Crippen LogP contribution in [-0.2, 0) is 4.79 Å². The first kappa shape index (κ1) is 11.5. The maximum atomic E-state index is 11.1. The van der Waals surface area contributed by atoms with Gasteiger partial charge < -0.3 is 15.7 Å². The van der Waals surface area contributed by atoms with E-state index in [9.17, 15) is 4.79 Å². The van der Waals surface area contributed by atoms with E-state index in [4.69, 9.17) is 10.8 Å². The minimum absolute atomic E-state index is 0.491. The highest BCUT2D eigenvalue weighted by molar-refractivity contribution is 5.75. The third-order valence-corrected chi connectivity index (χ3v) is 3.24. The van der Waals surface area contributed by atoms with E-state index in [1.54, 1.807) is 0 Å². The van der Waals surface area contributed by atoms with Crippen molar-refractivity contribution < 1.29 is 9.90 Å². The molecule has 1 rings (SSSR count). The SMILES string of the molecule is CCC1(C(=O)O)CCN(CCCN)C1. The van der Waals surface area contributed by atoms with Crippen molar-refractivity contribution in [3.8, 4) is 0 Å². The van der Waals surface area contributed by atoms with Crippen molar-refractivity contribution in [3.63, 3.8) is 0 Å². The van der Waals surface area contributed by atoms with E-state index in [0.717, 1.165) is 32.4 Å². The molecule has 0 radical (unpaired) electrons. The molecular weight excluding hydrogens is 180 g/mol. The molecule has 1 fully saturated rings. The van der Waals surface area contributed by atoms with Gasteiger partial charge in [-0.1, -0.05) is 6.92 Å². The number of rotatable bonds is 5. The molecule has 0 amide bonds. The zero-order valence-corrected chi connectivity index (χ0v) is 8.83. The molecule has 1 saturated heterocycles. The summed E-state index contributed by atoms with van der Waals surface area (Å²) in [7, 11) is 0. The van der Waals surface area contributed by atoms with Crippen molar-refractivity contribution >= 4 is 5.97 Å². The number of nitrogens with zero attached hydrogens (tertiary/aromatic N) is 1. The van der Waals surface area contributed by atoms with Crippen LogP contribution in [-0.4, -0.2) is 42.2 Å². The van der Waals surface area contributed by atoms with Crippen molar-refractivity contribution in [1.29, 1.82) is 0 Å². The molecule has 0 aromatic heterocycles. The van der Waals surface area contributed by atoms with Gasteiger partial charge in [-0.05, 0) is 38.9 Å². The lowest BCUT2D eigenvalue weighted by Gasteiger charge is -2.22. The summed E-state index contributed by atoms with van der Waals surface area (Å²) in [5.41, 5.74) is 4.93. The minimum Gasteiger partial charge on any atom is -0.481 e. The summed E-state index contributed by atoms with van der Waals surface area (Å²) in [6, 6.07) is 0. The molecule has 0 saturated carbocycles. The molecule has 0 aliphatic carbocycles. The summed E-state index contributed by atoms with van der Waals surface area (Å²) in [6.45, 7) is 5.17. The Balaban J connectivity index is 2.48. The third kappa shape index (κ3) is 2.25. The Morgan fingerprint density at radius 1 is 1.64 bits per heavy atom. The van der Waals surface area contributed by atoms with Crippen LogP contribution in [0.2, 0.25) is 0 Å². The van der Waals surface area contributed by atoms with Gasteiger partial charge in [0.05, 0.1) is 5.41 Å². The number of hydrogen-bond acceptors (Lipinski definition) is 3. The number of nitrogens with two attached hydrogens (primary N) is 1.